The Kier molecular flexibility index (Phi) is 5.48. The number of nitrogens with zero attached hydrogens (tertiary/aromatic N) is 3. The Morgan fingerprint density at radius 3 is 2.79 bits per heavy atom. The minimum Gasteiger partial charge on any atom is -0.336 e. The maximum absolute atomic E-state index is 12.3. The molecule has 0 N–H and O–H groups in total. The van der Waals surface area contributed by atoms with E-state index >= 15 is 0 Å². The standard InChI is InChI=1S/C13H18ClN3OS/c1-19-9-8-16-4-6-17(7-5-16)13(18)11-2-3-15-10-12(11)14/h2-3,10H,4-9H2,1H3. The normalized spacial score (nSPS) is 16.6. The number of carbonyl (C=O) groups excluding carboxylic acids is 1. The number of thioether (sulfide) groups is 1. The van der Waals surface area contributed by atoms with Gasteiger partial charge in [-0.05, 0) is 12.3 Å². The highest BCUT2D eigenvalue weighted by atomic mass is 35.5. The molecule has 1 aliphatic rings. The van der Waals surface area contributed by atoms with Crippen molar-refractivity contribution in [3.8, 4) is 0 Å². The van der Waals surface area contributed by atoms with Crippen LogP contribution in [-0.4, -0.2) is 65.4 Å². The zero-order valence-electron chi connectivity index (χ0n) is 11.0. The third-order valence-corrected chi connectivity index (χ3v) is 4.17. The van der Waals surface area contributed by atoms with E-state index < -0.39 is 0 Å². The molecule has 2 rings (SSSR count). The van der Waals surface area contributed by atoms with E-state index in [9.17, 15) is 4.79 Å². The van der Waals surface area contributed by atoms with Crippen LogP contribution in [0.5, 0.6) is 0 Å². The number of carbonyl (C=O) groups is 1. The largest absolute Gasteiger partial charge is 0.336 e. The Labute approximate surface area is 123 Å². The topological polar surface area (TPSA) is 36.4 Å². The van der Waals surface area contributed by atoms with Crippen LogP contribution in [0.1, 0.15) is 10.4 Å². The molecule has 1 fully saturated rings. The molecule has 1 aromatic heterocycles. The van der Waals surface area contributed by atoms with Crippen molar-refractivity contribution < 1.29 is 4.79 Å². The first-order chi connectivity index (χ1) is 9.22. The van der Waals surface area contributed by atoms with Gasteiger partial charge in [-0.25, -0.2) is 0 Å². The molecule has 0 aromatic carbocycles. The lowest BCUT2D eigenvalue weighted by molar-refractivity contribution is 0.0644. The smallest absolute Gasteiger partial charge is 0.255 e. The van der Waals surface area contributed by atoms with E-state index in [1.807, 2.05) is 16.7 Å². The van der Waals surface area contributed by atoms with Gasteiger partial charge in [-0.2, -0.15) is 11.8 Å². The maximum atomic E-state index is 12.3. The van der Waals surface area contributed by atoms with Crippen LogP contribution in [-0.2, 0) is 0 Å². The predicted octanol–water partition coefficient (Wildman–Crippen LogP) is 1.86. The fourth-order valence-electron chi connectivity index (χ4n) is 2.11. The van der Waals surface area contributed by atoms with E-state index in [1.165, 1.54) is 6.20 Å². The molecule has 1 saturated heterocycles. The van der Waals surface area contributed by atoms with Crippen LogP contribution in [0.3, 0.4) is 0 Å². The molecule has 4 nitrogen and oxygen atoms in total. The van der Waals surface area contributed by atoms with E-state index in [4.69, 9.17) is 11.6 Å². The summed E-state index contributed by atoms with van der Waals surface area (Å²) in [6.07, 6.45) is 5.24. The minimum absolute atomic E-state index is 0.0110. The number of aromatic nitrogens is 1. The molecule has 0 saturated carbocycles. The van der Waals surface area contributed by atoms with E-state index in [2.05, 4.69) is 16.1 Å². The van der Waals surface area contributed by atoms with Gasteiger partial charge in [-0.1, -0.05) is 11.6 Å². The van der Waals surface area contributed by atoms with Crippen molar-refractivity contribution in [3.63, 3.8) is 0 Å². The van der Waals surface area contributed by atoms with Gasteiger partial charge in [0.1, 0.15) is 0 Å². The molecular weight excluding hydrogens is 282 g/mol. The first kappa shape index (κ1) is 14.6. The molecule has 0 spiro atoms. The number of piperazine rings is 1. The summed E-state index contributed by atoms with van der Waals surface area (Å²) in [6, 6.07) is 1.69. The van der Waals surface area contributed by atoms with E-state index in [1.54, 1.807) is 12.3 Å². The second kappa shape index (κ2) is 7.12. The Morgan fingerprint density at radius 1 is 1.42 bits per heavy atom. The summed E-state index contributed by atoms with van der Waals surface area (Å²) in [5, 5.41) is 0.428. The second-order valence-corrected chi connectivity index (χ2v) is 5.87. The lowest BCUT2D eigenvalue weighted by Gasteiger charge is -2.34. The Morgan fingerprint density at radius 2 is 2.16 bits per heavy atom. The van der Waals surface area contributed by atoms with Crippen LogP contribution in [0.2, 0.25) is 5.02 Å². The van der Waals surface area contributed by atoms with Gasteiger partial charge >= 0.3 is 0 Å². The summed E-state index contributed by atoms with van der Waals surface area (Å²) in [5.74, 6) is 1.15. The van der Waals surface area contributed by atoms with Crippen molar-refractivity contribution in [3.05, 3.63) is 29.0 Å². The van der Waals surface area contributed by atoms with Crippen molar-refractivity contribution in [2.45, 2.75) is 0 Å². The average Bonchev–Trinajstić information content (AvgIpc) is 2.45. The van der Waals surface area contributed by atoms with Gasteiger partial charge in [0.2, 0.25) is 0 Å². The fraction of sp³-hybridized carbons (Fsp3) is 0.538. The molecule has 0 radical (unpaired) electrons. The van der Waals surface area contributed by atoms with Crippen molar-refractivity contribution in [1.29, 1.82) is 0 Å². The number of halogens is 1. The molecule has 19 heavy (non-hydrogen) atoms. The highest BCUT2D eigenvalue weighted by Crippen LogP contribution is 2.17. The molecule has 2 heterocycles. The number of hydrogen-bond acceptors (Lipinski definition) is 4. The summed E-state index contributed by atoms with van der Waals surface area (Å²) in [5.41, 5.74) is 0.550. The fourth-order valence-corrected chi connectivity index (χ4v) is 2.75. The summed E-state index contributed by atoms with van der Waals surface area (Å²) < 4.78 is 0. The molecule has 0 unspecified atom stereocenters. The van der Waals surface area contributed by atoms with Crippen molar-refractivity contribution in [2.24, 2.45) is 0 Å². The van der Waals surface area contributed by atoms with Crippen LogP contribution in [0.25, 0.3) is 0 Å². The SMILES string of the molecule is CSCCN1CCN(C(=O)c2ccncc2Cl)CC1. The van der Waals surface area contributed by atoms with Gasteiger partial charge in [0, 0.05) is 50.9 Å². The quantitative estimate of drug-likeness (QED) is 0.850. The average molecular weight is 300 g/mol. The van der Waals surface area contributed by atoms with Crippen LogP contribution < -0.4 is 0 Å². The van der Waals surface area contributed by atoms with Gasteiger partial charge in [-0.15, -0.1) is 0 Å². The Bertz CT molecular complexity index is 436. The monoisotopic (exact) mass is 299 g/mol. The van der Waals surface area contributed by atoms with Crippen LogP contribution in [0.15, 0.2) is 18.5 Å². The summed E-state index contributed by atoms with van der Waals surface area (Å²) in [4.78, 5) is 20.5. The third-order valence-electron chi connectivity index (χ3n) is 3.27. The summed E-state index contributed by atoms with van der Waals surface area (Å²) in [6.45, 7) is 4.51. The lowest BCUT2D eigenvalue weighted by Crippen LogP contribution is -2.49. The van der Waals surface area contributed by atoms with Gasteiger partial charge < -0.3 is 4.90 Å². The van der Waals surface area contributed by atoms with E-state index in [0.717, 1.165) is 38.5 Å². The maximum Gasteiger partial charge on any atom is 0.255 e. The minimum atomic E-state index is 0.0110. The first-order valence-corrected chi connectivity index (χ1v) is 8.09. The first-order valence-electron chi connectivity index (χ1n) is 6.32. The van der Waals surface area contributed by atoms with Crippen LogP contribution >= 0.6 is 23.4 Å². The van der Waals surface area contributed by atoms with E-state index in [0.29, 0.717) is 10.6 Å². The number of rotatable bonds is 4. The number of amides is 1. The highest BCUT2D eigenvalue weighted by Gasteiger charge is 2.23. The molecular formula is C13H18ClN3OS. The van der Waals surface area contributed by atoms with Gasteiger partial charge in [0.15, 0.2) is 0 Å². The van der Waals surface area contributed by atoms with Crippen molar-refractivity contribution >= 4 is 29.3 Å². The van der Waals surface area contributed by atoms with Gasteiger partial charge in [-0.3, -0.25) is 14.7 Å². The highest BCUT2D eigenvalue weighted by molar-refractivity contribution is 7.98. The number of pyridine rings is 1. The lowest BCUT2D eigenvalue weighted by atomic mass is 10.2. The molecule has 0 aliphatic carbocycles. The number of hydrogen-bond donors (Lipinski definition) is 0. The Hall–Kier alpha value is -0.780. The summed E-state index contributed by atoms with van der Waals surface area (Å²) >= 11 is 7.87. The van der Waals surface area contributed by atoms with E-state index in [-0.39, 0.29) is 5.91 Å². The molecule has 0 bridgehead atoms. The molecule has 1 aliphatic heterocycles. The van der Waals surface area contributed by atoms with Crippen molar-refractivity contribution in [2.75, 3.05) is 44.7 Å². The summed E-state index contributed by atoms with van der Waals surface area (Å²) in [7, 11) is 0. The molecule has 104 valence electrons. The predicted molar refractivity (Wildman–Crippen MR) is 80.0 cm³/mol. The zero-order valence-corrected chi connectivity index (χ0v) is 12.6. The second-order valence-electron chi connectivity index (χ2n) is 4.48. The zero-order chi connectivity index (χ0) is 13.7. The third kappa shape index (κ3) is 3.84. The van der Waals surface area contributed by atoms with Gasteiger partial charge in [0.05, 0.1) is 10.6 Å². The molecule has 1 amide bonds. The molecule has 6 heteroatoms. The molecule has 0 atom stereocenters. The molecule has 1 aromatic rings. The van der Waals surface area contributed by atoms with Crippen molar-refractivity contribution in [1.82, 2.24) is 14.8 Å². The van der Waals surface area contributed by atoms with Gasteiger partial charge in [0.25, 0.3) is 5.91 Å². The van der Waals surface area contributed by atoms with Crippen LogP contribution in [0.4, 0.5) is 0 Å². The van der Waals surface area contributed by atoms with Crippen LogP contribution in [0, 0.1) is 0 Å². The Balaban J connectivity index is 1.91.